The summed E-state index contributed by atoms with van der Waals surface area (Å²) in [5, 5.41) is 3.11. The van der Waals surface area contributed by atoms with E-state index in [9.17, 15) is 9.18 Å². The molecule has 1 fully saturated rings. The van der Waals surface area contributed by atoms with Crippen LogP contribution in [0.4, 0.5) is 4.39 Å². The minimum Gasteiger partial charge on any atom is -0.349 e. The Balaban J connectivity index is 1.72. The molecule has 2 aromatic rings. The maximum atomic E-state index is 13.1. The summed E-state index contributed by atoms with van der Waals surface area (Å²) in [5.41, 5.74) is 1.69. The van der Waals surface area contributed by atoms with E-state index < -0.39 is 0 Å². The first-order chi connectivity index (χ1) is 10.6. The van der Waals surface area contributed by atoms with Crippen molar-refractivity contribution in [1.82, 2.24) is 5.32 Å². The zero-order chi connectivity index (χ0) is 15.5. The molecule has 2 aromatic carbocycles. The molecule has 0 spiro atoms. The van der Waals surface area contributed by atoms with E-state index in [1.165, 1.54) is 23.8 Å². The molecule has 1 unspecified atom stereocenters. The Morgan fingerprint density at radius 1 is 1.23 bits per heavy atom. The van der Waals surface area contributed by atoms with Crippen molar-refractivity contribution in [2.45, 2.75) is 25.3 Å². The van der Waals surface area contributed by atoms with Crippen LogP contribution in [-0.2, 0) is 6.42 Å². The van der Waals surface area contributed by atoms with Crippen LogP contribution in [0.1, 0.15) is 28.8 Å². The predicted octanol–water partition coefficient (Wildman–Crippen LogP) is 4.34. The van der Waals surface area contributed by atoms with Crippen LogP contribution in [0.15, 0.2) is 53.0 Å². The fourth-order valence-electron chi connectivity index (χ4n) is 2.62. The normalized spacial score (nSPS) is 15.4. The second-order valence-corrected chi connectivity index (χ2v) is 6.59. The third kappa shape index (κ3) is 3.74. The van der Waals surface area contributed by atoms with Crippen LogP contribution >= 0.6 is 15.9 Å². The molecule has 0 bridgehead atoms. The zero-order valence-corrected chi connectivity index (χ0v) is 13.6. The minimum atomic E-state index is -0.355. The maximum absolute atomic E-state index is 13.1. The standard InChI is InChI=1S/C18H17BrFNO/c19-16-11-14(20)8-9-15(16)18(22)21-17(13-6-7-13)10-12-4-2-1-3-5-12/h1-5,8-9,11,13,17H,6-7,10H2,(H,21,22). The zero-order valence-electron chi connectivity index (χ0n) is 12.1. The quantitative estimate of drug-likeness (QED) is 0.843. The summed E-state index contributed by atoms with van der Waals surface area (Å²) in [5.74, 6) is 0.0366. The topological polar surface area (TPSA) is 29.1 Å². The molecule has 1 aliphatic carbocycles. The van der Waals surface area contributed by atoms with E-state index >= 15 is 0 Å². The number of hydrogen-bond acceptors (Lipinski definition) is 1. The van der Waals surface area contributed by atoms with Gasteiger partial charge in [0.05, 0.1) is 5.56 Å². The van der Waals surface area contributed by atoms with Gasteiger partial charge in [0.1, 0.15) is 5.82 Å². The van der Waals surface area contributed by atoms with Gasteiger partial charge in [-0.25, -0.2) is 4.39 Å². The van der Waals surface area contributed by atoms with Gasteiger partial charge in [0.15, 0.2) is 0 Å². The third-order valence-electron chi connectivity index (χ3n) is 3.98. The molecule has 2 nitrogen and oxygen atoms in total. The summed E-state index contributed by atoms with van der Waals surface area (Å²) < 4.78 is 13.6. The van der Waals surface area contributed by atoms with E-state index in [0.717, 1.165) is 19.3 Å². The molecule has 1 aliphatic rings. The Morgan fingerprint density at radius 3 is 2.59 bits per heavy atom. The van der Waals surface area contributed by atoms with Gasteiger partial charge >= 0.3 is 0 Å². The fourth-order valence-corrected chi connectivity index (χ4v) is 3.15. The minimum absolute atomic E-state index is 0.131. The second kappa shape index (κ2) is 6.61. The highest BCUT2D eigenvalue weighted by atomic mass is 79.9. The number of nitrogens with one attached hydrogen (secondary N) is 1. The number of halogens is 2. The monoisotopic (exact) mass is 361 g/mol. The van der Waals surface area contributed by atoms with Crippen molar-refractivity contribution in [2.24, 2.45) is 5.92 Å². The van der Waals surface area contributed by atoms with Crippen molar-refractivity contribution in [3.63, 3.8) is 0 Å². The van der Waals surface area contributed by atoms with Gasteiger partial charge in [0, 0.05) is 10.5 Å². The van der Waals surface area contributed by atoms with Crippen LogP contribution < -0.4 is 5.32 Å². The summed E-state index contributed by atoms with van der Waals surface area (Å²) in [6.07, 6.45) is 3.14. The van der Waals surface area contributed by atoms with Crippen molar-refractivity contribution < 1.29 is 9.18 Å². The van der Waals surface area contributed by atoms with Crippen molar-refractivity contribution >= 4 is 21.8 Å². The van der Waals surface area contributed by atoms with Crippen molar-refractivity contribution in [2.75, 3.05) is 0 Å². The van der Waals surface area contributed by atoms with E-state index in [1.807, 2.05) is 18.2 Å². The molecule has 0 radical (unpaired) electrons. The van der Waals surface area contributed by atoms with E-state index in [1.54, 1.807) is 0 Å². The van der Waals surface area contributed by atoms with Crippen LogP contribution in [0.5, 0.6) is 0 Å². The number of rotatable bonds is 5. The Kier molecular flexibility index (Phi) is 4.57. The number of hydrogen-bond donors (Lipinski definition) is 1. The molecule has 0 saturated heterocycles. The molecule has 0 aliphatic heterocycles. The largest absolute Gasteiger partial charge is 0.349 e. The average molecular weight is 362 g/mol. The van der Waals surface area contributed by atoms with Gasteiger partial charge in [-0.05, 0) is 64.9 Å². The molecule has 1 saturated carbocycles. The molecule has 1 atom stereocenters. The summed E-state index contributed by atoms with van der Waals surface area (Å²) in [7, 11) is 0. The molecular formula is C18H17BrFNO. The van der Waals surface area contributed by atoms with Gasteiger partial charge in [-0.15, -0.1) is 0 Å². The maximum Gasteiger partial charge on any atom is 0.252 e. The lowest BCUT2D eigenvalue weighted by molar-refractivity contribution is 0.0931. The van der Waals surface area contributed by atoms with Crippen molar-refractivity contribution in [1.29, 1.82) is 0 Å². The summed E-state index contributed by atoms with van der Waals surface area (Å²) >= 11 is 3.26. The highest BCUT2D eigenvalue weighted by molar-refractivity contribution is 9.10. The van der Waals surface area contributed by atoms with Gasteiger partial charge < -0.3 is 5.32 Å². The van der Waals surface area contributed by atoms with Crippen LogP contribution in [0.3, 0.4) is 0 Å². The summed E-state index contributed by atoms with van der Waals surface area (Å²) in [4.78, 5) is 12.4. The average Bonchev–Trinajstić information content (AvgIpc) is 3.32. The smallest absolute Gasteiger partial charge is 0.252 e. The van der Waals surface area contributed by atoms with Gasteiger partial charge in [0.2, 0.25) is 0 Å². The molecule has 4 heteroatoms. The Bertz CT molecular complexity index is 670. The SMILES string of the molecule is O=C(NC(Cc1ccccc1)C1CC1)c1ccc(F)cc1Br. The van der Waals surface area contributed by atoms with E-state index in [0.29, 0.717) is 16.0 Å². The van der Waals surface area contributed by atoms with E-state index in [-0.39, 0.29) is 17.8 Å². The Hall–Kier alpha value is -1.68. The molecule has 0 heterocycles. The van der Waals surface area contributed by atoms with Gasteiger partial charge in [-0.3, -0.25) is 4.79 Å². The highest BCUT2D eigenvalue weighted by Gasteiger charge is 2.32. The molecule has 0 aromatic heterocycles. The van der Waals surface area contributed by atoms with Crippen LogP contribution in [0.25, 0.3) is 0 Å². The van der Waals surface area contributed by atoms with E-state index in [4.69, 9.17) is 0 Å². The number of benzene rings is 2. The lowest BCUT2D eigenvalue weighted by Gasteiger charge is -2.19. The fraction of sp³-hybridized carbons (Fsp3) is 0.278. The van der Waals surface area contributed by atoms with Crippen molar-refractivity contribution in [3.8, 4) is 0 Å². The molecule has 114 valence electrons. The number of carbonyl (C=O) groups is 1. The van der Waals surface area contributed by atoms with E-state index in [2.05, 4.69) is 33.4 Å². The molecule has 22 heavy (non-hydrogen) atoms. The Labute approximate surface area is 137 Å². The van der Waals surface area contributed by atoms with Crippen LogP contribution in [0, 0.1) is 11.7 Å². The van der Waals surface area contributed by atoms with Gasteiger partial charge in [-0.1, -0.05) is 30.3 Å². The second-order valence-electron chi connectivity index (χ2n) is 5.73. The third-order valence-corrected chi connectivity index (χ3v) is 4.64. The highest BCUT2D eigenvalue weighted by Crippen LogP contribution is 2.34. The first-order valence-corrected chi connectivity index (χ1v) is 8.22. The van der Waals surface area contributed by atoms with Crippen LogP contribution in [-0.4, -0.2) is 11.9 Å². The first kappa shape index (κ1) is 15.2. The van der Waals surface area contributed by atoms with Crippen LogP contribution in [0.2, 0.25) is 0 Å². The molecule has 3 rings (SSSR count). The Morgan fingerprint density at radius 2 is 1.95 bits per heavy atom. The molecule has 1 amide bonds. The molecular weight excluding hydrogens is 345 g/mol. The number of carbonyl (C=O) groups excluding carboxylic acids is 1. The number of amides is 1. The van der Waals surface area contributed by atoms with Gasteiger partial charge in [0.25, 0.3) is 5.91 Å². The molecule has 1 N–H and O–H groups in total. The summed E-state index contributed by atoms with van der Waals surface area (Å²) in [6, 6.07) is 14.4. The lowest BCUT2D eigenvalue weighted by Crippen LogP contribution is -2.38. The van der Waals surface area contributed by atoms with Gasteiger partial charge in [-0.2, -0.15) is 0 Å². The summed E-state index contributed by atoms with van der Waals surface area (Å²) in [6.45, 7) is 0. The first-order valence-electron chi connectivity index (χ1n) is 7.43. The predicted molar refractivity (Wildman–Crippen MR) is 88.2 cm³/mol. The van der Waals surface area contributed by atoms with Crippen molar-refractivity contribution in [3.05, 3.63) is 69.9 Å². The lowest BCUT2D eigenvalue weighted by atomic mass is 10.0.